The molecule has 1 unspecified atom stereocenters. The van der Waals surface area contributed by atoms with Crippen molar-refractivity contribution < 1.29 is 14.6 Å². The largest absolute Gasteiger partial charge is 0.481 e. The van der Waals surface area contributed by atoms with Crippen LogP contribution in [0.1, 0.15) is 44.1 Å². The van der Waals surface area contributed by atoms with Crippen LogP contribution in [0.3, 0.4) is 0 Å². The van der Waals surface area contributed by atoms with Gasteiger partial charge in [0, 0.05) is 7.11 Å². The minimum Gasteiger partial charge on any atom is -0.481 e. The molecule has 0 spiro atoms. The topological polar surface area (TPSA) is 77.2 Å². The summed E-state index contributed by atoms with van der Waals surface area (Å²) in [7, 11) is 1.65. The van der Waals surface area contributed by atoms with Crippen molar-refractivity contribution in [1.82, 2.24) is 15.0 Å². The van der Waals surface area contributed by atoms with Crippen LogP contribution in [0.5, 0.6) is 0 Å². The lowest BCUT2D eigenvalue weighted by atomic mass is 10.1. The molecule has 102 valence electrons. The molecule has 0 aliphatic heterocycles. The van der Waals surface area contributed by atoms with Crippen LogP contribution >= 0.6 is 0 Å². The molecule has 0 radical (unpaired) electrons. The number of rotatable bonds is 8. The number of hydrogen-bond acceptors (Lipinski definition) is 4. The van der Waals surface area contributed by atoms with Crippen molar-refractivity contribution in [2.24, 2.45) is 0 Å². The fourth-order valence-electron chi connectivity index (χ4n) is 1.97. The number of aromatic nitrogens is 3. The maximum absolute atomic E-state index is 10.8. The number of carboxylic acids is 1. The third-order valence-corrected chi connectivity index (χ3v) is 2.85. The van der Waals surface area contributed by atoms with Crippen LogP contribution in [-0.4, -0.2) is 39.8 Å². The van der Waals surface area contributed by atoms with Gasteiger partial charge in [-0.3, -0.25) is 4.79 Å². The van der Waals surface area contributed by atoms with Crippen LogP contribution in [0, 0.1) is 0 Å². The van der Waals surface area contributed by atoms with Crippen molar-refractivity contribution in [3.05, 3.63) is 11.4 Å². The Morgan fingerprint density at radius 3 is 2.72 bits per heavy atom. The summed E-state index contributed by atoms with van der Waals surface area (Å²) in [6, 6.07) is 0.117. The summed E-state index contributed by atoms with van der Waals surface area (Å²) in [5.74, 6) is -0.876. The van der Waals surface area contributed by atoms with Crippen molar-refractivity contribution in [1.29, 1.82) is 0 Å². The molecule has 0 saturated carbocycles. The van der Waals surface area contributed by atoms with Gasteiger partial charge in [0.15, 0.2) is 0 Å². The van der Waals surface area contributed by atoms with Gasteiger partial charge in [-0.25, -0.2) is 4.68 Å². The van der Waals surface area contributed by atoms with Gasteiger partial charge in [-0.05, 0) is 12.8 Å². The first-order chi connectivity index (χ1) is 8.63. The second-order valence-corrected chi connectivity index (χ2v) is 4.27. The molecule has 0 fully saturated rings. The van der Waals surface area contributed by atoms with Gasteiger partial charge in [-0.15, -0.1) is 5.10 Å². The van der Waals surface area contributed by atoms with Gasteiger partial charge in [-0.2, -0.15) is 0 Å². The highest BCUT2D eigenvalue weighted by Crippen LogP contribution is 2.17. The molecule has 0 bridgehead atoms. The number of aliphatic carboxylic acids is 1. The van der Waals surface area contributed by atoms with Crippen molar-refractivity contribution in [2.75, 3.05) is 13.7 Å². The van der Waals surface area contributed by atoms with E-state index < -0.39 is 5.97 Å². The third kappa shape index (κ3) is 3.53. The molecule has 0 amide bonds. The second-order valence-electron chi connectivity index (χ2n) is 4.27. The zero-order chi connectivity index (χ0) is 13.5. The highest BCUT2D eigenvalue weighted by molar-refractivity contribution is 5.69. The Balaban J connectivity index is 3.02. The van der Waals surface area contributed by atoms with Crippen molar-refractivity contribution >= 4 is 5.97 Å². The van der Waals surface area contributed by atoms with Crippen LogP contribution < -0.4 is 0 Å². The predicted molar refractivity (Wildman–Crippen MR) is 66.6 cm³/mol. The molecular formula is C12H21N3O3. The maximum Gasteiger partial charge on any atom is 0.309 e. The molecule has 0 aliphatic carbocycles. The lowest BCUT2D eigenvalue weighted by Gasteiger charge is -2.16. The van der Waals surface area contributed by atoms with Gasteiger partial charge in [0.1, 0.15) is 0 Å². The van der Waals surface area contributed by atoms with Crippen molar-refractivity contribution in [3.8, 4) is 0 Å². The van der Waals surface area contributed by atoms with Gasteiger partial charge >= 0.3 is 5.97 Å². The van der Waals surface area contributed by atoms with Gasteiger partial charge in [0.05, 0.1) is 30.5 Å². The average molecular weight is 255 g/mol. The van der Waals surface area contributed by atoms with Gasteiger partial charge in [0.25, 0.3) is 0 Å². The number of methoxy groups -OCH3 is 1. The lowest BCUT2D eigenvalue weighted by Crippen LogP contribution is -2.18. The molecule has 1 N–H and O–H groups in total. The van der Waals surface area contributed by atoms with E-state index in [1.54, 1.807) is 7.11 Å². The molecule has 1 aromatic heterocycles. The average Bonchev–Trinajstić information content (AvgIpc) is 2.69. The van der Waals surface area contributed by atoms with Gasteiger partial charge in [-0.1, -0.05) is 25.5 Å². The highest BCUT2D eigenvalue weighted by atomic mass is 16.5. The van der Waals surface area contributed by atoms with E-state index >= 15 is 0 Å². The Hall–Kier alpha value is -1.43. The minimum absolute atomic E-state index is 0.0707. The SMILES string of the molecule is CCCc1c(CC(=O)O)nnn1C(CC)COC. The molecule has 1 aromatic rings. The number of nitrogens with zero attached hydrogens (tertiary/aromatic N) is 3. The maximum atomic E-state index is 10.8. The van der Waals surface area contributed by atoms with Crippen molar-refractivity contribution in [3.63, 3.8) is 0 Å². The van der Waals surface area contributed by atoms with E-state index in [-0.39, 0.29) is 12.5 Å². The smallest absolute Gasteiger partial charge is 0.309 e. The highest BCUT2D eigenvalue weighted by Gasteiger charge is 2.19. The molecule has 18 heavy (non-hydrogen) atoms. The van der Waals surface area contributed by atoms with Crippen LogP contribution in [0.4, 0.5) is 0 Å². The molecule has 6 nitrogen and oxygen atoms in total. The summed E-state index contributed by atoms with van der Waals surface area (Å²) >= 11 is 0. The molecule has 0 aromatic carbocycles. The predicted octanol–water partition coefficient (Wildman–Crippen LogP) is 1.46. The molecule has 1 heterocycles. The van der Waals surface area contributed by atoms with E-state index in [1.165, 1.54) is 0 Å². The minimum atomic E-state index is -0.876. The van der Waals surface area contributed by atoms with Crippen LogP contribution in [0.25, 0.3) is 0 Å². The Morgan fingerprint density at radius 1 is 1.50 bits per heavy atom. The van der Waals surface area contributed by atoms with Crippen molar-refractivity contribution in [2.45, 2.75) is 45.6 Å². The first-order valence-electron chi connectivity index (χ1n) is 6.27. The second kappa shape index (κ2) is 7.10. The quantitative estimate of drug-likeness (QED) is 0.760. The van der Waals surface area contributed by atoms with E-state index in [0.717, 1.165) is 25.0 Å². The Bertz CT molecular complexity index is 390. The lowest BCUT2D eigenvalue weighted by molar-refractivity contribution is -0.136. The van der Waals surface area contributed by atoms with Crippen LogP contribution in [-0.2, 0) is 22.4 Å². The standard InChI is InChI=1S/C12H21N3O3/c1-4-6-11-10(7-12(16)17)13-14-15(11)9(5-2)8-18-3/h9H,4-8H2,1-3H3,(H,16,17). The first kappa shape index (κ1) is 14.6. The van der Waals surface area contributed by atoms with Crippen LogP contribution in [0.2, 0.25) is 0 Å². The van der Waals surface area contributed by atoms with E-state index in [4.69, 9.17) is 9.84 Å². The molecule has 0 aliphatic rings. The van der Waals surface area contributed by atoms with E-state index in [1.807, 2.05) is 4.68 Å². The summed E-state index contributed by atoms with van der Waals surface area (Å²) in [6.45, 7) is 4.67. The Morgan fingerprint density at radius 2 is 2.22 bits per heavy atom. The van der Waals surface area contributed by atoms with Crippen LogP contribution in [0.15, 0.2) is 0 Å². The fraction of sp³-hybridized carbons (Fsp3) is 0.750. The third-order valence-electron chi connectivity index (χ3n) is 2.85. The zero-order valence-electron chi connectivity index (χ0n) is 11.2. The zero-order valence-corrected chi connectivity index (χ0v) is 11.2. The summed E-state index contributed by atoms with van der Waals surface area (Å²) < 4.78 is 6.99. The summed E-state index contributed by atoms with van der Waals surface area (Å²) in [6.07, 6.45) is 2.53. The summed E-state index contributed by atoms with van der Waals surface area (Å²) in [4.78, 5) is 10.8. The summed E-state index contributed by atoms with van der Waals surface area (Å²) in [5, 5.41) is 17.0. The number of carboxylic acid groups (broad SMARTS) is 1. The molecule has 0 saturated heterocycles. The number of carbonyl (C=O) groups is 1. The van der Waals surface area contributed by atoms with E-state index in [2.05, 4.69) is 24.2 Å². The van der Waals surface area contributed by atoms with Gasteiger partial charge in [0.2, 0.25) is 0 Å². The molecular weight excluding hydrogens is 234 g/mol. The van der Waals surface area contributed by atoms with E-state index in [9.17, 15) is 4.79 Å². The number of hydrogen-bond donors (Lipinski definition) is 1. The molecule has 1 atom stereocenters. The summed E-state index contributed by atoms with van der Waals surface area (Å²) in [5.41, 5.74) is 1.49. The normalized spacial score (nSPS) is 12.6. The number of ether oxygens (including phenoxy) is 1. The molecule has 6 heteroatoms. The Labute approximate surface area is 107 Å². The Kier molecular flexibility index (Phi) is 5.77. The van der Waals surface area contributed by atoms with Gasteiger partial charge < -0.3 is 9.84 Å². The fourth-order valence-corrected chi connectivity index (χ4v) is 1.97. The van der Waals surface area contributed by atoms with E-state index in [0.29, 0.717) is 12.3 Å². The molecule has 1 rings (SSSR count). The monoisotopic (exact) mass is 255 g/mol. The first-order valence-corrected chi connectivity index (χ1v) is 6.27.